The van der Waals surface area contributed by atoms with Gasteiger partial charge >= 0.3 is 12.1 Å². The normalized spacial score (nSPS) is 10.9. The molecule has 0 aliphatic heterocycles. The minimum Gasteiger partial charge on any atom is -0.478 e. The maximum atomic E-state index is 11.9. The summed E-state index contributed by atoms with van der Waals surface area (Å²) in [6.45, 7) is -1.53. The second-order valence-electron chi connectivity index (χ2n) is 4.12. The molecule has 0 atom stereocenters. The molecule has 1 aromatic carbocycles. The molecule has 0 saturated carbocycles. The maximum absolute atomic E-state index is 11.9. The zero-order valence-electron chi connectivity index (χ0n) is 10.8. The SMILES string of the molecule is O=C(CC(=O)Nc1ccc(C(=O)O)c(Cl)c1)NCC(F)(F)F. The Hall–Kier alpha value is -2.29. The predicted octanol–water partition coefficient (Wildman–Crippen LogP) is 2.05. The summed E-state index contributed by atoms with van der Waals surface area (Å²) in [5, 5.41) is 12.4. The molecule has 1 aromatic rings. The van der Waals surface area contributed by atoms with Gasteiger partial charge in [-0.3, -0.25) is 9.59 Å². The fraction of sp³-hybridized carbons (Fsp3) is 0.250. The van der Waals surface area contributed by atoms with Crippen molar-refractivity contribution in [3.05, 3.63) is 28.8 Å². The van der Waals surface area contributed by atoms with Crippen LogP contribution >= 0.6 is 11.6 Å². The molecule has 10 heteroatoms. The van der Waals surface area contributed by atoms with Crippen molar-refractivity contribution in [2.45, 2.75) is 12.6 Å². The molecule has 6 nitrogen and oxygen atoms in total. The third-order valence-corrected chi connectivity index (χ3v) is 2.60. The number of carbonyl (C=O) groups is 3. The first-order valence-electron chi connectivity index (χ1n) is 5.74. The predicted molar refractivity (Wildman–Crippen MR) is 70.7 cm³/mol. The van der Waals surface area contributed by atoms with Gasteiger partial charge in [0.15, 0.2) is 0 Å². The van der Waals surface area contributed by atoms with Gasteiger partial charge in [-0.05, 0) is 18.2 Å². The molecule has 120 valence electrons. The Balaban J connectivity index is 2.57. The number of rotatable bonds is 5. The van der Waals surface area contributed by atoms with Gasteiger partial charge in [0.05, 0.1) is 10.6 Å². The Bertz CT molecular complexity index is 605. The monoisotopic (exact) mass is 338 g/mol. The summed E-state index contributed by atoms with van der Waals surface area (Å²) in [5.74, 6) is -3.21. The number of hydrogen-bond donors (Lipinski definition) is 3. The van der Waals surface area contributed by atoms with E-state index in [1.54, 1.807) is 5.32 Å². The summed E-state index contributed by atoms with van der Waals surface area (Å²) in [5.41, 5.74) is -0.0637. The van der Waals surface area contributed by atoms with E-state index < -0.39 is 36.9 Å². The highest BCUT2D eigenvalue weighted by molar-refractivity contribution is 6.33. The molecule has 0 aromatic heterocycles. The second-order valence-corrected chi connectivity index (χ2v) is 4.52. The van der Waals surface area contributed by atoms with Crippen LogP contribution in [0, 0.1) is 0 Å². The lowest BCUT2D eigenvalue weighted by Gasteiger charge is -2.09. The van der Waals surface area contributed by atoms with Gasteiger partial charge in [0.25, 0.3) is 0 Å². The average Bonchev–Trinajstić information content (AvgIpc) is 2.35. The number of carboxylic acids is 1. The maximum Gasteiger partial charge on any atom is 0.405 e. The highest BCUT2D eigenvalue weighted by Gasteiger charge is 2.28. The lowest BCUT2D eigenvalue weighted by Crippen LogP contribution is -2.35. The van der Waals surface area contributed by atoms with Gasteiger partial charge in [0.1, 0.15) is 13.0 Å². The van der Waals surface area contributed by atoms with Crippen LogP contribution in [0.15, 0.2) is 18.2 Å². The van der Waals surface area contributed by atoms with Crippen LogP contribution in [0.3, 0.4) is 0 Å². The zero-order valence-corrected chi connectivity index (χ0v) is 11.6. The van der Waals surface area contributed by atoms with Crippen LogP contribution in [0.2, 0.25) is 5.02 Å². The third-order valence-electron chi connectivity index (χ3n) is 2.29. The first-order valence-corrected chi connectivity index (χ1v) is 6.12. The minimum absolute atomic E-state index is 0.114. The van der Waals surface area contributed by atoms with Gasteiger partial charge in [0.2, 0.25) is 11.8 Å². The van der Waals surface area contributed by atoms with E-state index in [2.05, 4.69) is 5.32 Å². The first-order chi connectivity index (χ1) is 10.1. The number of carboxylic acid groups (broad SMARTS) is 1. The van der Waals surface area contributed by atoms with Crippen LogP contribution < -0.4 is 10.6 Å². The van der Waals surface area contributed by atoms with Crippen molar-refractivity contribution in [2.24, 2.45) is 0 Å². The zero-order chi connectivity index (χ0) is 16.9. The molecule has 0 aliphatic rings. The Morgan fingerprint density at radius 2 is 1.82 bits per heavy atom. The quantitative estimate of drug-likeness (QED) is 0.716. The van der Waals surface area contributed by atoms with E-state index in [4.69, 9.17) is 16.7 Å². The van der Waals surface area contributed by atoms with Gasteiger partial charge in [0, 0.05) is 5.69 Å². The number of aromatic carboxylic acids is 1. The van der Waals surface area contributed by atoms with Gasteiger partial charge in [-0.25, -0.2) is 4.79 Å². The number of carbonyl (C=O) groups excluding carboxylic acids is 2. The number of hydrogen-bond acceptors (Lipinski definition) is 3. The van der Waals surface area contributed by atoms with E-state index in [9.17, 15) is 27.6 Å². The van der Waals surface area contributed by atoms with E-state index in [1.807, 2.05) is 0 Å². The molecule has 0 spiro atoms. The summed E-state index contributed by atoms with van der Waals surface area (Å²) in [7, 11) is 0. The molecule has 2 amide bonds. The van der Waals surface area contributed by atoms with Crippen molar-refractivity contribution in [3.8, 4) is 0 Å². The van der Waals surface area contributed by atoms with Gasteiger partial charge in [-0.2, -0.15) is 13.2 Å². The van der Waals surface area contributed by atoms with Crippen LogP contribution in [0.5, 0.6) is 0 Å². The highest BCUT2D eigenvalue weighted by Crippen LogP contribution is 2.21. The molecule has 1 rings (SSSR count). The molecule has 0 heterocycles. The first kappa shape index (κ1) is 17.8. The van der Waals surface area contributed by atoms with Crippen molar-refractivity contribution >= 4 is 35.1 Å². The van der Waals surface area contributed by atoms with Gasteiger partial charge < -0.3 is 15.7 Å². The van der Waals surface area contributed by atoms with Crippen molar-refractivity contribution in [1.29, 1.82) is 0 Å². The van der Waals surface area contributed by atoms with Crippen LogP contribution in [0.4, 0.5) is 18.9 Å². The van der Waals surface area contributed by atoms with E-state index in [-0.39, 0.29) is 16.3 Å². The summed E-state index contributed by atoms with van der Waals surface area (Å²) >= 11 is 5.68. The molecular weight excluding hydrogens is 329 g/mol. The van der Waals surface area contributed by atoms with Crippen molar-refractivity contribution < 1.29 is 32.7 Å². The summed E-state index contributed by atoms with van der Waals surface area (Å²) in [6, 6.07) is 3.53. The summed E-state index contributed by atoms with van der Waals surface area (Å²) < 4.78 is 35.6. The molecule has 0 fully saturated rings. The van der Waals surface area contributed by atoms with Crippen molar-refractivity contribution in [1.82, 2.24) is 5.32 Å². The van der Waals surface area contributed by atoms with E-state index in [0.29, 0.717) is 0 Å². The fourth-order valence-electron chi connectivity index (χ4n) is 1.38. The standard InChI is InChI=1S/C12H10ClF3N2O4/c13-8-3-6(1-2-7(8)11(21)22)18-10(20)4-9(19)17-5-12(14,15)16/h1-3H,4-5H2,(H,17,19)(H,18,20)(H,21,22). The number of anilines is 1. The van der Waals surface area contributed by atoms with Gasteiger partial charge in [-0.1, -0.05) is 11.6 Å². The molecule has 0 saturated heterocycles. The molecule has 0 bridgehead atoms. The Labute approximate surface area is 127 Å². The van der Waals surface area contributed by atoms with Crippen molar-refractivity contribution in [3.63, 3.8) is 0 Å². The number of benzene rings is 1. The largest absolute Gasteiger partial charge is 0.478 e. The molecule has 22 heavy (non-hydrogen) atoms. The Morgan fingerprint density at radius 1 is 1.18 bits per heavy atom. The summed E-state index contributed by atoms with van der Waals surface area (Å²) in [4.78, 5) is 33.3. The fourth-order valence-corrected chi connectivity index (χ4v) is 1.64. The van der Waals surface area contributed by atoms with Crippen LogP contribution in [0.1, 0.15) is 16.8 Å². The molecule has 0 aliphatic carbocycles. The van der Waals surface area contributed by atoms with Crippen LogP contribution in [0.25, 0.3) is 0 Å². The Morgan fingerprint density at radius 3 is 2.32 bits per heavy atom. The highest BCUT2D eigenvalue weighted by atomic mass is 35.5. The smallest absolute Gasteiger partial charge is 0.405 e. The number of amides is 2. The molecular formula is C12H10ClF3N2O4. The van der Waals surface area contributed by atoms with E-state index >= 15 is 0 Å². The topological polar surface area (TPSA) is 95.5 Å². The summed E-state index contributed by atoms with van der Waals surface area (Å²) in [6.07, 6.45) is -5.37. The number of alkyl halides is 3. The second kappa shape index (κ2) is 7.12. The third kappa shape index (κ3) is 6.00. The lowest BCUT2D eigenvalue weighted by molar-refractivity contribution is -0.140. The number of nitrogens with one attached hydrogen (secondary N) is 2. The molecule has 0 unspecified atom stereocenters. The number of halogens is 4. The van der Waals surface area contributed by atoms with E-state index in [0.717, 1.165) is 12.1 Å². The van der Waals surface area contributed by atoms with Gasteiger partial charge in [-0.15, -0.1) is 0 Å². The average molecular weight is 339 g/mol. The molecule has 3 N–H and O–H groups in total. The van der Waals surface area contributed by atoms with Crippen molar-refractivity contribution in [2.75, 3.05) is 11.9 Å². The molecule has 0 radical (unpaired) electrons. The van der Waals surface area contributed by atoms with E-state index in [1.165, 1.54) is 6.07 Å². The lowest BCUT2D eigenvalue weighted by atomic mass is 10.2. The Kier molecular flexibility index (Phi) is 5.75. The van der Waals surface area contributed by atoms with Crippen LogP contribution in [-0.4, -0.2) is 35.6 Å². The minimum atomic E-state index is -4.56. The van der Waals surface area contributed by atoms with Crippen LogP contribution in [-0.2, 0) is 9.59 Å².